The number of hydrogen-bond acceptors (Lipinski definition) is 7. The number of aliphatic hydroxyl groups is 3. The Morgan fingerprint density at radius 1 is 1.17 bits per heavy atom. The van der Waals surface area contributed by atoms with Crippen LogP contribution in [0.15, 0.2) is 47.1 Å². The number of aliphatic hydroxyl groups excluding tert-OH is 1. The molecule has 4 unspecified atom stereocenters. The van der Waals surface area contributed by atoms with E-state index in [0.29, 0.717) is 25.0 Å². The van der Waals surface area contributed by atoms with E-state index < -0.39 is 0 Å². The number of allylic oxidation sites excluding steroid dienone is 1. The fraction of sp³-hybridized carbons (Fsp3) is 0.606. The molecule has 0 saturated carbocycles. The van der Waals surface area contributed by atoms with Crippen molar-refractivity contribution in [2.45, 2.75) is 90.4 Å². The number of phenols is 1. The third kappa shape index (κ3) is 11.7. The van der Waals surface area contributed by atoms with Crippen LogP contribution in [-0.4, -0.2) is 72.2 Å². The molecule has 0 aromatic heterocycles. The molecule has 0 amide bonds. The predicted molar refractivity (Wildman–Crippen MR) is 168 cm³/mol. The summed E-state index contributed by atoms with van der Waals surface area (Å²) in [6.45, 7) is 9.27. The van der Waals surface area contributed by atoms with E-state index in [1.54, 1.807) is 13.0 Å². The zero-order valence-electron chi connectivity index (χ0n) is 25.3. The molecular weight excluding hydrogens is 516 g/mol. The number of nitrogens with one attached hydrogen (secondary N) is 2. The monoisotopic (exact) mass is 569 g/mol. The van der Waals surface area contributed by atoms with E-state index in [2.05, 4.69) is 47.7 Å². The zero-order valence-corrected chi connectivity index (χ0v) is 25.3. The average molecular weight is 570 g/mol. The summed E-state index contributed by atoms with van der Waals surface area (Å²) in [6, 6.07) is 5.52. The topological polar surface area (TPSA) is 125 Å². The number of benzene rings is 1. The van der Waals surface area contributed by atoms with Crippen molar-refractivity contribution in [3.8, 4) is 11.5 Å². The number of unbranched alkanes of at least 4 members (excludes halogenated alkanes) is 4. The van der Waals surface area contributed by atoms with Crippen molar-refractivity contribution in [1.29, 1.82) is 0 Å². The summed E-state index contributed by atoms with van der Waals surface area (Å²) in [4.78, 5) is 4.66. The van der Waals surface area contributed by atoms with Gasteiger partial charge < -0.3 is 30.7 Å². The Morgan fingerprint density at radius 2 is 1.98 bits per heavy atom. The standard InChI is InChI=1S/C33H52N4O4/c1-4-36-31(30-19-27(22-37-30)24(2)20-35-21-25(3)38)23-40-33-18-26(12-16-32(33)39)11-13-29-15-14-28(41-29)10-8-6-5-7-9-17-34/h12,14-16,18-19,22,24-25,28,31,35-36,38,41H,4-11,13,17,20-21,23,34H2,1-3H3/p+1. The van der Waals surface area contributed by atoms with Crippen LogP contribution in [0, 0.1) is 17.9 Å². The van der Waals surface area contributed by atoms with Gasteiger partial charge in [-0.2, -0.15) is 0 Å². The number of aryl methyl sites for hydroxylation is 1. The molecule has 0 radical (unpaired) electrons. The molecular formula is C33H53N4O4+. The summed E-state index contributed by atoms with van der Waals surface area (Å²) in [6.07, 6.45) is 18.5. The fourth-order valence-corrected chi connectivity index (χ4v) is 5.11. The Bertz CT molecular complexity index is 980. The lowest BCUT2D eigenvalue weighted by Gasteiger charge is -2.18. The summed E-state index contributed by atoms with van der Waals surface area (Å²) >= 11 is 0. The van der Waals surface area contributed by atoms with Gasteiger partial charge in [0.1, 0.15) is 30.9 Å². The van der Waals surface area contributed by atoms with Crippen molar-refractivity contribution in [1.82, 2.24) is 10.6 Å². The first-order chi connectivity index (χ1) is 19.9. The van der Waals surface area contributed by atoms with E-state index in [0.717, 1.165) is 68.6 Å². The van der Waals surface area contributed by atoms with Crippen molar-refractivity contribution < 1.29 is 19.7 Å². The van der Waals surface area contributed by atoms with Crippen molar-refractivity contribution in [2.24, 2.45) is 16.6 Å². The normalized spacial score (nSPS) is 18.7. The van der Waals surface area contributed by atoms with Crippen molar-refractivity contribution >= 4 is 6.21 Å². The molecule has 0 saturated heterocycles. The van der Waals surface area contributed by atoms with Gasteiger partial charge in [-0.3, -0.25) is 5.32 Å². The first-order valence-electron chi connectivity index (χ1n) is 15.5. The maximum absolute atomic E-state index is 10.5. The number of phenolic OH excluding ortho intramolecular Hbond substituents is 1. The van der Waals surface area contributed by atoms with Crippen LogP contribution in [0.3, 0.4) is 0 Å². The quantitative estimate of drug-likeness (QED) is 0.0862. The Hall–Kier alpha value is -2.49. The van der Waals surface area contributed by atoms with Gasteiger partial charge in [-0.1, -0.05) is 32.3 Å². The highest BCUT2D eigenvalue weighted by molar-refractivity contribution is 5.83. The van der Waals surface area contributed by atoms with Crippen LogP contribution in [0.5, 0.6) is 11.5 Å². The summed E-state index contributed by atoms with van der Waals surface area (Å²) in [5, 5.41) is 26.7. The van der Waals surface area contributed by atoms with Crippen LogP contribution in [-0.2, 0) is 6.42 Å². The molecule has 2 aliphatic heterocycles. The number of rotatable bonds is 21. The van der Waals surface area contributed by atoms with Gasteiger partial charge in [-0.25, -0.2) is 0 Å². The highest BCUT2D eigenvalue weighted by Gasteiger charge is 2.32. The number of ether oxygens (including phenoxy) is 2. The van der Waals surface area contributed by atoms with Crippen molar-refractivity contribution in [2.75, 3.05) is 32.8 Å². The summed E-state index contributed by atoms with van der Waals surface area (Å²) in [7, 11) is 0. The Kier molecular flexibility index (Phi) is 14.6. The van der Waals surface area contributed by atoms with Gasteiger partial charge in [-0.15, -0.1) is 17.1 Å². The molecule has 0 spiro atoms. The Balaban J connectivity index is 1.45. The molecule has 3 rings (SSSR count). The van der Waals surface area contributed by atoms with Crippen LogP contribution in [0.2, 0.25) is 0 Å². The molecule has 41 heavy (non-hydrogen) atoms. The number of aliphatic imine (C=N–C) groups is 1. The van der Waals surface area contributed by atoms with Crippen molar-refractivity contribution in [3.63, 3.8) is 0 Å². The van der Waals surface area contributed by atoms with Gasteiger partial charge in [0, 0.05) is 19.5 Å². The van der Waals surface area contributed by atoms with E-state index in [9.17, 15) is 10.2 Å². The molecule has 0 aliphatic carbocycles. The summed E-state index contributed by atoms with van der Waals surface area (Å²) in [5.41, 5.74) is 7.61. The lowest BCUT2D eigenvalue weighted by Crippen LogP contribution is -2.35. The molecule has 0 bridgehead atoms. The maximum atomic E-state index is 10.5. The first kappa shape index (κ1) is 33.0. The minimum atomic E-state index is -0.363. The van der Waals surface area contributed by atoms with Crippen LogP contribution in [0.4, 0.5) is 0 Å². The average Bonchev–Trinajstić information content (AvgIpc) is 3.63. The molecule has 1 aromatic carbocycles. The largest absolute Gasteiger partial charge is 0.504 e. The Labute approximate surface area is 247 Å². The Morgan fingerprint density at radius 3 is 2.76 bits per heavy atom. The molecule has 2 heterocycles. The summed E-state index contributed by atoms with van der Waals surface area (Å²) < 4.78 is 11.0. The number of likely N-dealkylation sites (N-methyl/N-ethyl adjacent to an activating group) is 1. The minimum absolute atomic E-state index is 0.0926. The number of aromatic hydroxyl groups is 1. The van der Waals surface area contributed by atoms with Crippen molar-refractivity contribution in [3.05, 3.63) is 59.7 Å². The first-order valence-corrected chi connectivity index (χ1v) is 15.5. The van der Waals surface area contributed by atoms with Gasteiger partial charge in [0.05, 0.1) is 18.1 Å². The lowest BCUT2D eigenvalue weighted by molar-refractivity contribution is -0.0482. The number of nitrogens with two attached hydrogens (primary N) is 1. The summed E-state index contributed by atoms with van der Waals surface area (Å²) in [5.74, 6) is 2.06. The van der Waals surface area contributed by atoms with Gasteiger partial charge >= 0.3 is 0 Å². The zero-order chi connectivity index (χ0) is 29.5. The number of hydrogen-bond donors (Lipinski definition) is 5. The van der Waals surface area contributed by atoms with Crippen LogP contribution in [0.1, 0.15) is 71.3 Å². The molecule has 0 fully saturated rings. The highest BCUT2D eigenvalue weighted by Crippen LogP contribution is 2.30. The van der Waals surface area contributed by atoms with Crippen LogP contribution >= 0.6 is 0 Å². The molecule has 8 heteroatoms. The molecule has 4 atom stereocenters. The second-order valence-electron chi connectivity index (χ2n) is 11.4. The van der Waals surface area contributed by atoms with Crippen LogP contribution in [0.25, 0.3) is 0 Å². The van der Waals surface area contributed by atoms with Gasteiger partial charge in [0.2, 0.25) is 0 Å². The second kappa shape index (κ2) is 18.1. The number of nitrogens with zero attached hydrogens (tertiary/aromatic N) is 1. The second-order valence-corrected chi connectivity index (χ2v) is 11.4. The van der Waals surface area contributed by atoms with E-state index in [-0.39, 0.29) is 23.8 Å². The SMILES string of the molecule is CCNC(COc1cc(CC[C-]2C=CC(CCCCCCCN)[OH+]2)ccc1O)C1=C[C+](C(C)CNCC(C)O)C=N1. The third-order valence-electron chi connectivity index (χ3n) is 7.59. The van der Waals surface area contributed by atoms with Gasteiger partial charge in [-0.05, 0) is 70.3 Å². The molecule has 7 N–H and O–H groups in total. The smallest absolute Gasteiger partial charge is 0.196 e. The molecule has 1 aromatic rings. The molecule has 228 valence electrons. The minimum Gasteiger partial charge on any atom is -0.504 e. The van der Waals surface area contributed by atoms with E-state index in [4.69, 9.17) is 15.2 Å². The van der Waals surface area contributed by atoms with Crippen LogP contribution < -0.4 is 21.1 Å². The van der Waals surface area contributed by atoms with E-state index in [1.165, 1.54) is 25.7 Å². The predicted octanol–water partition coefficient (Wildman–Crippen LogP) is 4.13. The van der Waals surface area contributed by atoms with Gasteiger partial charge in [0.25, 0.3) is 0 Å². The maximum Gasteiger partial charge on any atom is 0.196 e. The molecule has 8 nitrogen and oxygen atoms in total. The lowest BCUT2D eigenvalue weighted by atomic mass is 9.95. The van der Waals surface area contributed by atoms with E-state index >= 15 is 0 Å². The third-order valence-corrected chi connectivity index (χ3v) is 7.59. The van der Waals surface area contributed by atoms with Gasteiger partial charge in [0.15, 0.2) is 23.2 Å². The highest BCUT2D eigenvalue weighted by atomic mass is 16.5. The fourth-order valence-electron chi connectivity index (χ4n) is 5.11. The van der Waals surface area contributed by atoms with E-state index in [1.807, 2.05) is 18.3 Å². The molecule has 2 aliphatic rings.